The highest BCUT2D eigenvalue weighted by atomic mass is 16.5. The SMILES string of the molecule is COc1ccc(-c2noc(CN3CCCN(C(=O)CCc4ccccc4)CC3)n2)cc1. The minimum atomic E-state index is 0.227. The number of carbonyl (C=O) groups excluding carboxylic acids is 1. The molecule has 1 aromatic heterocycles. The molecule has 2 aromatic carbocycles. The molecule has 0 spiro atoms. The standard InChI is InChI=1S/C24H28N4O3/c1-30-21-11-9-20(10-12-21)24-25-22(31-26-24)18-27-14-5-15-28(17-16-27)23(29)13-8-19-6-3-2-4-7-19/h2-4,6-7,9-12H,5,8,13-18H2,1H3. The van der Waals surface area contributed by atoms with Crippen LogP contribution in [0, 0.1) is 0 Å². The molecule has 0 aliphatic carbocycles. The monoisotopic (exact) mass is 420 g/mol. The summed E-state index contributed by atoms with van der Waals surface area (Å²) in [5.41, 5.74) is 2.10. The van der Waals surface area contributed by atoms with Gasteiger partial charge in [-0.3, -0.25) is 9.69 Å². The Balaban J connectivity index is 1.28. The van der Waals surface area contributed by atoms with Gasteiger partial charge in [-0.2, -0.15) is 4.98 Å². The highest BCUT2D eigenvalue weighted by Crippen LogP contribution is 2.20. The summed E-state index contributed by atoms with van der Waals surface area (Å²) < 4.78 is 10.7. The smallest absolute Gasteiger partial charge is 0.241 e. The molecular weight excluding hydrogens is 392 g/mol. The van der Waals surface area contributed by atoms with Gasteiger partial charge in [-0.1, -0.05) is 35.5 Å². The Morgan fingerprint density at radius 2 is 1.84 bits per heavy atom. The molecular formula is C24H28N4O3. The minimum absolute atomic E-state index is 0.227. The van der Waals surface area contributed by atoms with Crippen LogP contribution in [0.4, 0.5) is 0 Å². The average molecular weight is 421 g/mol. The van der Waals surface area contributed by atoms with Gasteiger partial charge in [-0.05, 0) is 42.7 Å². The maximum atomic E-state index is 12.7. The van der Waals surface area contributed by atoms with Crippen molar-refractivity contribution in [2.24, 2.45) is 0 Å². The van der Waals surface area contributed by atoms with Gasteiger partial charge in [0.15, 0.2) is 0 Å². The molecule has 0 bridgehead atoms. The second kappa shape index (κ2) is 10.2. The number of nitrogens with zero attached hydrogens (tertiary/aromatic N) is 4. The first-order valence-electron chi connectivity index (χ1n) is 10.7. The van der Waals surface area contributed by atoms with Gasteiger partial charge in [-0.15, -0.1) is 0 Å². The van der Waals surface area contributed by atoms with Crippen molar-refractivity contribution in [2.45, 2.75) is 25.8 Å². The summed E-state index contributed by atoms with van der Waals surface area (Å²) in [4.78, 5) is 21.4. The van der Waals surface area contributed by atoms with Crippen molar-refractivity contribution in [3.05, 3.63) is 66.1 Å². The quantitative estimate of drug-likeness (QED) is 0.583. The number of methoxy groups -OCH3 is 1. The van der Waals surface area contributed by atoms with E-state index in [4.69, 9.17) is 9.26 Å². The third-order valence-corrected chi connectivity index (χ3v) is 5.59. The van der Waals surface area contributed by atoms with E-state index >= 15 is 0 Å². The Morgan fingerprint density at radius 3 is 2.61 bits per heavy atom. The number of rotatable bonds is 7. The average Bonchev–Trinajstić information content (AvgIpc) is 3.15. The van der Waals surface area contributed by atoms with Crippen molar-refractivity contribution in [1.82, 2.24) is 19.9 Å². The molecule has 1 fully saturated rings. The van der Waals surface area contributed by atoms with Crippen LogP contribution in [-0.4, -0.2) is 59.1 Å². The maximum Gasteiger partial charge on any atom is 0.241 e. The summed E-state index contributed by atoms with van der Waals surface area (Å²) in [5, 5.41) is 4.11. The van der Waals surface area contributed by atoms with Gasteiger partial charge in [0.05, 0.1) is 13.7 Å². The summed E-state index contributed by atoms with van der Waals surface area (Å²) in [6, 6.07) is 17.8. The maximum absolute atomic E-state index is 12.7. The normalized spacial score (nSPS) is 14.9. The van der Waals surface area contributed by atoms with Gasteiger partial charge in [0.25, 0.3) is 0 Å². The fourth-order valence-corrected chi connectivity index (χ4v) is 3.80. The fourth-order valence-electron chi connectivity index (χ4n) is 3.80. The Kier molecular flexibility index (Phi) is 6.94. The topological polar surface area (TPSA) is 71.7 Å². The van der Waals surface area contributed by atoms with Crippen LogP contribution in [0.15, 0.2) is 59.1 Å². The molecule has 0 N–H and O–H groups in total. The number of hydrogen-bond acceptors (Lipinski definition) is 6. The fraction of sp³-hybridized carbons (Fsp3) is 0.375. The van der Waals surface area contributed by atoms with Crippen LogP contribution in [0.25, 0.3) is 11.4 Å². The lowest BCUT2D eigenvalue weighted by atomic mass is 10.1. The van der Waals surface area contributed by atoms with Crippen LogP contribution < -0.4 is 4.74 Å². The van der Waals surface area contributed by atoms with Gasteiger partial charge in [0, 0.05) is 38.2 Å². The molecule has 1 aliphatic heterocycles. The van der Waals surface area contributed by atoms with Gasteiger partial charge < -0.3 is 14.2 Å². The molecule has 7 nitrogen and oxygen atoms in total. The minimum Gasteiger partial charge on any atom is -0.497 e. The van der Waals surface area contributed by atoms with E-state index in [9.17, 15) is 4.79 Å². The first-order valence-corrected chi connectivity index (χ1v) is 10.7. The number of amides is 1. The molecule has 0 atom stereocenters. The van der Waals surface area contributed by atoms with E-state index in [1.807, 2.05) is 47.4 Å². The predicted octanol–water partition coefficient (Wildman–Crippen LogP) is 3.41. The van der Waals surface area contributed by atoms with Crippen molar-refractivity contribution in [2.75, 3.05) is 33.3 Å². The zero-order valence-electron chi connectivity index (χ0n) is 17.9. The Morgan fingerprint density at radius 1 is 1.03 bits per heavy atom. The van der Waals surface area contributed by atoms with E-state index in [2.05, 4.69) is 27.2 Å². The van der Waals surface area contributed by atoms with Gasteiger partial charge >= 0.3 is 0 Å². The summed E-state index contributed by atoms with van der Waals surface area (Å²) in [6.07, 6.45) is 2.28. The summed E-state index contributed by atoms with van der Waals surface area (Å²) in [6.45, 7) is 3.83. The van der Waals surface area contributed by atoms with Crippen molar-refractivity contribution < 1.29 is 14.1 Å². The largest absolute Gasteiger partial charge is 0.497 e. The summed E-state index contributed by atoms with van der Waals surface area (Å²) in [7, 11) is 1.64. The molecule has 1 saturated heterocycles. The van der Waals surface area contributed by atoms with Crippen molar-refractivity contribution in [1.29, 1.82) is 0 Å². The van der Waals surface area contributed by atoms with Crippen LogP contribution in [0.1, 0.15) is 24.3 Å². The first-order chi connectivity index (χ1) is 15.2. The van der Waals surface area contributed by atoms with E-state index in [-0.39, 0.29) is 5.91 Å². The molecule has 31 heavy (non-hydrogen) atoms. The van der Waals surface area contributed by atoms with E-state index in [1.165, 1.54) is 5.56 Å². The molecule has 0 saturated carbocycles. The zero-order chi connectivity index (χ0) is 21.5. The molecule has 2 heterocycles. The summed E-state index contributed by atoms with van der Waals surface area (Å²) >= 11 is 0. The van der Waals surface area contributed by atoms with E-state index in [0.717, 1.165) is 50.3 Å². The van der Waals surface area contributed by atoms with Crippen LogP contribution in [0.3, 0.4) is 0 Å². The zero-order valence-corrected chi connectivity index (χ0v) is 17.9. The van der Waals surface area contributed by atoms with Crippen molar-refractivity contribution >= 4 is 5.91 Å². The third kappa shape index (κ3) is 5.70. The lowest BCUT2D eigenvalue weighted by Crippen LogP contribution is -2.35. The molecule has 0 unspecified atom stereocenters. The lowest BCUT2D eigenvalue weighted by molar-refractivity contribution is -0.131. The highest BCUT2D eigenvalue weighted by molar-refractivity contribution is 5.76. The van der Waals surface area contributed by atoms with Crippen LogP contribution in [0.2, 0.25) is 0 Å². The van der Waals surface area contributed by atoms with E-state index in [0.29, 0.717) is 24.7 Å². The molecule has 1 aliphatic rings. The predicted molar refractivity (Wildman–Crippen MR) is 118 cm³/mol. The number of aromatic nitrogens is 2. The van der Waals surface area contributed by atoms with E-state index in [1.54, 1.807) is 7.11 Å². The molecule has 3 aromatic rings. The number of benzene rings is 2. The molecule has 7 heteroatoms. The molecule has 1 amide bonds. The van der Waals surface area contributed by atoms with Gasteiger partial charge in [0.2, 0.25) is 17.6 Å². The lowest BCUT2D eigenvalue weighted by Gasteiger charge is -2.21. The van der Waals surface area contributed by atoms with Crippen LogP contribution in [-0.2, 0) is 17.8 Å². The molecule has 0 radical (unpaired) electrons. The van der Waals surface area contributed by atoms with E-state index < -0.39 is 0 Å². The number of ether oxygens (including phenoxy) is 1. The molecule has 4 rings (SSSR count). The Labute approximate surface area is 182 Å². The third-order valence-electron chi connectivity index (χ3n) is 5.59. The second-order valence-corrected chi connectivity index (χ2v) is 7.74. The second-order valence-electron chi connectivity index (χ2n) is 7.74. The van der Waals surface area contributed by atoms with Crippen LogP contribution in [0.5, 0.6) is 5.75 Å². The highest BCUT2D eigenvalue weighted by Gasteiger charge is 2.20. The van der Waals surface area contributed by atoms with Gasteiger partial charge in [-0.25, -0.2) is 0 Å². The number of carbonyl (C=O) groups is 1. The number of aryl methyl sites for hydroxylation is 1. The summed E-state index contributed by atoms with van der Waals surface area (Å²) in [5.74, 6) is 2.19. The molecule has 162 valence electrons. The van der Waals surface area contributed by atoms with Crippen molar-refractivity contribution in [3.8, 4) is 17.1 Å². The van der Waals surface area contributed by atoms with Crippen molar-refractivity contribution in [3.63, 3.8) is 0 Å². The Hall–Kier alpha value is -3.19. The first kappa shape index (κ1) is 21.1. The van der Waals surface area contributed by atoms with Crippen LogP contribution >= 0.6 is 0 Å². The number of hydrogen-bond donors (Lipinski definition) is 0. The Bertz CT molecular complexity index is 972. The van der Waals surface area contributed by atoms with Gasteiger partial charge in [0.1, 0.15) is 5.75 Å².